The number of rotatable bonds is 12. The molecule has 1 aromatic rings. The second kappa shape index (κ2) is 12.3. The Labute approximate surface area is 214 Å². The van der Waals surface area contributed by atoms with Crippen molar-refractivity contribution in [2.75, 3.05) is 20.1 Å². The van der Waals surface area contributed by atoms with Crippen molar-refractivity contribution >= 4 is 6.29 Å². The molecule has 0 aromatic heterocycles. The average Bonchev–Trinajstić information content (AvgIpc) is 2.72. The van der Waals surface area contributed by atoms with Gasteiger partial charge in [-0.2, -0.15) is 0 Å². The number of likely N-dealkylation sites (N-methyl/N-ethyl adjacent to an activating group) is 1. The molecule has 0 amide bonds. The molecule has 0 radical (unpaired) electrons. The molecule has 0 saturated heterocycles. The molecule has 4 heteroatoms. The maximum Gasteiger partial charge on any atom is 0.120 e. The van der Waals surface area contributed by atoms with Gasteiger partial charge in [0.1, 0.15) is 29.0 Å². The lowest BCUT2D eigenvalue weighted by molar-refractivity contribution is -0.110. The Morgan fingerprint density at radius 1 is 1.06 bits per heavy atom. The molecule has 1 aromatic carbocycles. The number of aldehydes is 1. The molecule has 196 valence electrons. The number of hydrogen-bond acceptors (Lipinski definition) is 4. The van der Waals surface area contributed by atoms with Gasteiger partial charge in [-0.1, -0.05) is 38.1 Å². The minimum absolute atomic E-state index is 0.164. The van der Waals surface area contributed by atoms with Crippen molar-refractivity contribution in [1.82, 2.24) is 4.90 Å². The third kappa shape index (κ3) is 8.83. The monoisotopic (exact) mass is 483 g/mol. The minimum Gasteiger partial charge on any atom is -0.492 e. The van der Waals surface area contributed by atoms with Gasteiger partial charge in [0.25, 0.3) is 0 Å². The van der Waals surface area contributed by atoms with Crippen LogP contribution in [0.5, 0.6) is 5.75 Å². The van der Waals surface area contributed by atoms with E-state index in [2.05, 4.69) is 104 Å². The maximum atomic E-state index is 11.6. The van der Waals surface area contributed by atoms with Crippen molar-refractivity contribution in [3.05, 3.63) is 53.8 Å². The summed E-state index contributed by atoms with van der Waals surface area (Å²) in [4.78, 5) is 14.0. The van der Waals surface area contributed by atoms with Crippen LogP contribution in [0.25, 0.3) is 0 Å². The van der Waals surface area contributed by atoms with Gasteiger partial charge < -0.3 is 19.2 Å². The van der Waals surface area contributed by atoms with Crippen molar-refractivity contribution in [3.8, 4) is 5.75 Å². The van der Waals surface area contributed by atoms with E-state index in [1.54, 1.807) is 0 Å². The third-order valence-corrected chi connectivity index (χ3v) is 6.74. The molecule has 0 saturated carbocycles. The van der Waals surface area contributed by atoms with Gasteiger partial charge in [0.15, 0.2) is 0 Å². The Morgan fingerprint density at radius 3 is 2.34 bits per heavy atom. The Hall–Kier alpha value is -2.07. The summed E-state index contributed by atoms with van der Waals surface area (Å²) in [5, 5.41) is 0. The summed E-state index contributed by atoms with van der Waals surface area (Å²) in [6.07, 6.45) is 11.0. The molecule has 35 heavy (non-hydrogen) atoms. The Balaban J connectivity index is 2.03. The van der Waals surface area contributed by atoms with Crippen molar-refractivity contribution < 1.29 is 14.3 Å². The number of carbonyl (C=O) groups is 1. The first-order valence-electron chi connectivity index (χ1n) is 13.2. The standard InChI is InChI=1S/C31H49NO3/c1-24(2)31(26(18-22-33)14-11-16-28(31)35-30(6,7)8)19-12-20-32(9)21-17-25-13-10-15-27(23-25)34-29(3,4)5/h10-11,13-16,22-24,26H,12,17-21H2,1-9H3. The van der Waals surface area contributed by atoms with Crippen molar-refractivity contribution in [1.29, 1.82) is 0 Å². The van der Waals surface area contributed by atoms with E-state index in [0.29, 0.717) is 12.3 Å². The summed E-state index contributed by atoms with van der Waals surface area (Å²) in [5.74, 6) is 2.49. The summed E-state index contributed by atoms with van der Waals surface area (Å²) in [7, 11) is 2.20. The van der Waals surface area contributed by atoms with E-state index in [9.17, 15) is 4.79 Å². The van der Waals surface area contributed by atoms with Gasteiger partial charge in [-0.05, 0) is 110 Å². The average molecular weight is 484 g/mol. The van der Waals surface area contributed by atoms with Gasteiger partial charge in [-0.15, -0.1) is 0 Å². The van der Waals surface area contributed by atoms with E-state index in [1.165, 1.54) is 5.56 Å². The van der Waals surface area contributed by atoms with Gasteiger partial charge in [0.2, 0.25) is 0 Å². The van der Waals surface area contributed by atoms with Crippen LogP contribution in [0.15, 0.2) is 48.3 Å². The van der Waals surface area contributed by atoms with E-state index in [1.807, 2.05) is 6.07 Å². The zero-order valence-corrected chi connectivity index (χ0v) is 23.7. The summed E-state index contributed by atoms with van der Waals surface area (Å²) in [6.45, 7) is 19.1. The smallest absolute Gasteiger partial charge is 0.120 e. The van der Waals surface area contributed by atoms with Crippen molar-refractivity contribution in [2.45, 2.75) is 92.3 Å². The van der Waals surface area contributed by atoms with E-state index in [4.69, 9.17) is 9.47 Å². The van der Waals surface area contributed by atoms with E-state index < -0.39 is 0 Å². The second-order valence-electron chi connectivity index (χ2n) is 12.4. The number of allylic oxidation sites excluding steroid dienone is 4. The first-order chi connectivity index (χ1) is 16.3. The summed E-state index contributed by atoms with van der Waals surface area (Å²) < 4.78 is 12.5. The zero-order valence-electron chi connectivity index (χ0n) is 23.7. The van der Waals surface area contributed by atoms with Gasteiger partial charge in [0, 0.05) is 18.4 Å². The number of ether oxygens (including phenoxy) is 2. The molecule has 0 N–H and O–H groups in total. The zero-order chi connectivity index (χ0) is 26.3. The fourth-order valence-corrected chi connectivity index (χ4v) is 5.14. The number of nitrogens with zero attached hydrogens (tertiary/aromatic N) is 1. The molecular weight excluding hydrogens is 434 g/mol. The molecule has 0 heterocycles. The molecule has 0 bridgehead atoms. The lowest BCUT2D eigenvalue weighted by Crippen LogP contribution is -2.42. The van der Waals surface area contributed by atoms with Crippen LogP contribution < -0.4 is 4.74 Å². The van der Waals surface area contributed by atoms with Crippen molar-refractivity contribution in [2.24, 2.45) is 17.3 Å². The van der Waals surface area contributed by atoms with Gasteiger partial charge in [-0.25, -0.2) is 0 Å². The maximum absolute atomic E-state index is 11.6. The molecule has 2 unspecified atom stereocenters. The van der Waals surface area contributed by atoms with Crippen LogP contribution in [0.1, 0.15) is 80.2 Å². The lowest BCUT2D eigenvalue weighted by atomic mass is 9.61. The van der Waals surface area contributed by atoms with Crippen LogP contribution in [0.4, 0.5) is 0 Å². The predicted octanol–water partition coefficient (Wildman–Crippen LogP) is 7.23. The summed E-state index contributed by atoms with van der Waals surface area (Å²) >= 11 is 0. The highest BCUT2D eigenvalue weighted by Gasteiger charge is 2.46. The Morgan fingerprint density at radius 2 is 1.74 bits per heavy atom. The lowest BCUT2D eigenvalue weighted by Gasteiger charge is -2.47. The first-order valence-corrected chi connectivity index (χ1v) is 13.2. The Bertz CT molecular complexity index is 872. The summed E-state index contributed by atoms with van der Waals surface area (Å²) in [6, 6.07) is 8.45. The van der Waals surface area contributed by atoms with Crippen LogP contribution in [-0.2, 0) is 16.0 Å². The van der Waals surface area contributed by atoms with Gasteiger partial charge >= 0.3 is 0 Å². The minimum atomic E-state index is -0.273. The largest absolute Gasteiger partial charge is 0.492 e. The molecule has 2 rings (SSSR count). The highest BCUT2D eigenvalue weighted by Crippen LogP contribution is 2.51. The molecule has 0 fully saturated rings. The molecule has 4 nitrogen and oxygen atoms in total. The second-order valence-corrected chi connectivity index (χ2v) is 12.4. The SMILES string of the molecule is CC(C)C1(CCCN(C)CCc2cccc(OC(C)(C)C)c2)C(OC(C)(C)C)=CC=CC1CC=O. The van der Waals surface area contributed by atoms with Crippen LogP contribution in [0, 0.1) is 17.3 Å². The van der Waals surface area contributed by atoms with Gasteiger partial charge in [-0.3, -0.25) is 0 Å². The fourth-order valence-electron chi connectivity index (χ4n) is 5.14. The predicted molar refractivity (Wildman–Crippen MR) is 147 cm³/mol. The van der Waals surface area contributed by atoms with Crippen LogP contribution in [0.2, 0.25) is 0 Å². The summed E-state index contributed by atoms with van der Waals surface area (Å²) in [5.41, 5.74) is 0.666. The molecule has 2 atom stereocenters. The third-order valence-electron chi connectivity index (χ3n) is 6.74. The van der Waals surface area contributed by atoms with E-state index in [0.717, 1.165) is 50.1 Å². The number of carbonyl (C=O) groups excluding carboxylic acids is 1. The Kier molecular flexibility index (Phi) is 10.2. The fraction of sp³-hybridized carbons (Fsp3) is 0.645. The molecule has 1 aliphatic carbocycles. The molecule has 0 aliphatic heterocycles. The van der Waals surface area contributed by atoms with Gasteiger partial charge in [0.05, 0.1) is 0 Å². The number of benzene rings is 1. The highest BCUT2D eigenvalue weighted by molar-refractivity contribution is 5.51. The van der Waals surface area contributed by atoms with Crippen LogP contribution in [-0.4, -0.2) is 42.5 Å². The van der Waals surface area contributed by atoms with E-state index in [-0.39, 0.29) is 22.5 Å². The van der Waals surface area contributed by atoms with Crippen LogP contribution >= 0.6 is 0 Å². The molecule has 0 spiro atoms. The topological polar surface area (TPSA) is 38.8 Å². The van der Waals surface area contributed by atoms with Crippen LogP contribution in [0.3, 0.4) is 0 Å². The normalized spacial score (nSPS) is 20.8. The molecule has 1 aliphatic rings. The highest BCUT2D eigenvalue weighted by atomic mass is 16.5. The van der Waals surface area contributed by atoms with E-state index >= 15 is 0 Å². The van der Waals surface area contributed by atoms with Crippen molar-refractivity contribution in [3.63, 3.8) is 0 Å². The first kappa shape index (κ1) is 29.2. The molecular formula is C31H49NO3. The quantitative estimate of drug-likeness (QED) is 0.294. The number of hydrogen-bond donors (Lipinski definition) is 0.